The molecular weight excluding hydrogens is 148 g/mol. The number of hydrogen-bond donors (Lipinski definition) is 1. The molecule has 0 aliphatic heterocycles. The third-order valence-electron chi connectivity index (χ3n) is 1.23. The van der Waals surface area contributed by atoms with Gasteiger partial charge >= 0.3 is 0 Å². The lowest BCUT2D eigenvalue weighted by atomic mass is 10.3. The molecule has 0 heterocycles. The predicted molar refractivity (Wildman–Crippen MR) is 55.7 cm³/mol. The van der Waals surface area contributed by atoms with Crippen LogP contribution in [0.1, 0.15) is 34.6 Å². The summed E-state index contributed by atoms with van der Waals surface area (Å²) < 4.78 is 0. The van der Waals surface area contributed by atoms with Crippen molar-refractivity contribution >= 4 is 6.21 Å². The minimum atomic E-state index is 0.382. The van der Waals surface area contributed by atoms with Gasteiger partial charge in [0.05, 0.1) is 0 Å². The van der Waals surface area contributed by atoms with Gasteiger partial charge in [0.1, 0.15) is 0 Å². The van der Waals surface area contributed by atoms with Crippen LogP contribution in [-0.4, -0.2) is 18.3 Å². The number of aliphatic imine (C=N–C) groups is 1. The van der Waals surface area contributed by atoms with Crippen LogP contribution in [0.5, 0.6) is 0 Å². The highest BCUT2D eigenvalue weighted by atomic mass is 14.9. The zero-order valence-electron chi connectivity index (χ0n) is 8.76. The fourth-order valence-electron chi connectivity index (χ4n) is 0.830. The topological polar surface area (TPSA) is 24.4 Å². The minimum absolute atomic E-state index is 0.382. The van der Waals surface area contributed by atoms with E-state index in [9.17, 15) is 0 Å². The Morgan fingerprint density at radius 3 is 2.25 bits per heavy atom. The van der Waals surface area contributed by atoms with Gasteiger partial charge in [0, 0.05) is 24.0 Å². The Morgan fingerprint density at radius 1 is 1.25 bits per heavy atom. The van der Waals surface area contributed by atoms with Gasteiger partial charge in [0.25, 0.3) is 0 Å². The second-order valence-corrected chi connectivity index (χ2v) is 3.54. The highest BCUT2D eigenvalue weighted by Crippen LogP contribution is 1.89. The average Bonchev–Trinajstić information content (AvgIpc) is 1.84. The Bertz CT molecular complexity index is 167. The van der Waals surface area contributed by atoms with Crippen molar-refractivity contribution in [3.05, 3.63) is 11.8 Å². The molecule has 0 aliphatic carbocycles. The zero-order chi connectivity index (χ0) is 9.56. The summed E-state index contributed by atoms with van der Waals surface area (Å²) in [6, 6.07) is 0.877. The van der Waals surface area contributed by atoms with Gasteiger partial charge in [-0.2, -0.15) is 0 Å². The number of rotatable bonds is 4. The molecule has 0 aromatic rings. The normalized spacial score (nSPS) is 13.4. The van der Waals surface area contributed by atoms with Crippen LogP contribution in [0.15, 0.2) is 16.8 Å². The van der Waals surface area contributed by atoms with Crippen LogP contribution in [0.3, 0.4) is 0 Å². The molecule has 0 spiro atoms. The first-order valence-corrected chi connectivity index (χ1v) is 4.49. The molecule has 70 valence electrons. The Balaban J connectivity index is 3.84. The van der Waals surface area contributed by atoms with E-state index in [1.54, 1.807) is 0 Å². The lowest BCUT2D eigenvalue weighted by molar-refractivity contribution is 0.670. The molecule has 0 atom stereocenters. The summed E-state index contributed by atoms with van der Waals surface area (Å²) >= 11 is 0. The van der Waals surface area contributed by atoms with Crippen molar-refractivity contribution in [2.24, 2.45) is 4.99 Å². The van der Waals surface area contributed by atoms with E-state index < -0.39 is 0 Å². The highest BCUT2D eigenvalue weighted by molar-refractivity contribution is 5.71. The van der Waals surface area contributed by atoms with Crippen LogP contribution in [0.25, 0.3) is 0 Å². The van der Waals surface area contributed by atoms with Crippen LogP contribution >= 0.6 is 0 Å². The van der Waals surface area contributed by atoms with E-state index in [0.717, 1.165) is 5.70 Å². The molecule has 0 aliphatic rings. The van der Waals surface area contributed by atoms with Crippen LogP contribution in [0.4, 0.5) is 0 Å². The van der Waals surface area contributed by atoms with Gasteiger partial charge in [0.15, 0.2) is 0 Å². The van der Waals surface area contributed by atoms with Crippen LogP contribution in [0.2, 0.25) is 0 Å². The first-order valence-electron chi connectivity index (χ1n) is 4.49. The maximum absolute atomic E-state index is 4.23. The fraction of sp³-hybridized carbons (Fsp3) is 0.700. The van der Waals surface area contributed by atoms with E-state index in [-0.39, 0.29) is 0 Å². The van der Waals surface area contributed by atoms with Crippen LogP contribution in [0, 0.1) is 0 Å². The third kappa shape index (κ3) is 7.32. The molecule has 0 saturated heterocycles. The van der Waals surface area contributed by atoms with E-state index >= 15 is 0 Å². The van der Waals surface area contributed by atoms with Gasteiger partial charge in [-0.05, 0) is 40.7 Å². The van der Waals surface area contributed by atoms with Crippen molar-refractivity contribution < 1.29 is 0 Å². The molecule has 0 rings (SSSR count). The quantitative estimate of drug-likeness (QED) is 0.640. The molecule has 2 heteroatoms. The molecule has 0 saturated carbocycles. The van der Waals surface area contributed by atoms with E-state index in [0.29, 0.717) is 12.1 Å². The summed E-state index contributed by atoms with van der Waals surface area (Å²) in [7, 11) is 0. The van der Waals surface area contributed by atoms with E-state index in [4.69, 9.17) is 0 Å². The summed E-state index contributed by atoms with van der Waals surface area (Å²) in [4.78, 5) is 4.23. The maximum atomic E-state index is 4.23. The largest absolute Gasteiger partial charge is 0.386 e. The van der Waals surface area contributed by atoms with Crippen molar-refractivity contribution in [3.8, 4) is 0 Å². The summed E-state index contributed by atoms with van der Waals surface area (Å²) in [6.45, 7) is 10.4. The smallest absolute Gasteiger partial charge is 0.0443 e. The van der Waals surface area contributed by atoms with Gasteiger partial charge in [-0.1, -0.05) is 0 Å². The van der Waals surface area contributed by atoms with Gasteiger partial charge in [-0.15, -0.1) is 0 Å². The molecule has 0 aromatic carbocycles. The Kier molecular flexibility index (Phi) is 5.43. The zero-order valence-corrected chi connectivity index (χ0v) is 8.76. The monoisotopic (exact) mass is 168 g/mol. The number of nitrogens with zero attached hydrogens (tertiary/aromatic N) is 1. The van der Waals surface area contributed by atoms with Crippen molar-refractivity contribution in [2.75, 3.05) is 0 Å². The molecule has 1 N–H and O–H groups in total. The molecule has 0 fully saturated rings. The van der Waals surface area contributed by atoms with Crippen molar-refractivity contribution in [1.29, 1.82) is 0 Å². The molecule has 0 aromatic heterocycles. The Hall–Kier alpha value is -0.790. The second kappa shape index (κ2) is 5.81. The lowest BCUT2D eigenvalue weighted by Crippen LogP contribution is -2.20. The van der Waals surface area contributed by atoms with Crippen LogP contribution < -0.4 is 5.32 Å². The molecule has 0 radical (unpaired) electrons. The molecule has 0 unspecified atom stereocenters. The fourth-order valence-corrected chi connectivity index (χ4v) is 0.830. The molecular formula is C10H20N2. The SMILES string of the molecule is C/C(=C\C=NC(C)C)NC(C)C. The van der Waals surface area contributed by atoms with Gasteiger partial charge in [0.2, 0.25) is 0 Å². The minimum Gasteiger partial charge on any atom is -0.386 e. The average molecular weight is 168 g/mol. The number of hydrogen-bond acceptors (Lipinski definition) is 2. The molecule has 0 bridgehead atoms. The van der Waals surface area contributed by atoms with Crippen molar-refractivity contribution in [3.63, 3.8) is 0 Å². The summed E-state index contributed by atoms with van der Waals surface area (Å²) in [6.07, 6.45) is 3.86. The predicted octanol–water partition coefficient (Wildman–Crippen LogP) is 2.37. The summed E-state index contributed by atoms with van der Waals surface area (Å²) in [5.41, 5.74) is 1.16. The second-order valence-electron chi connectivity index (χ2n) is 3.54. The van der Waals surface area contributed by atoms with E-state index in [1.807, 2.05) is 19.2 Å². The Labute approximate surface area is 75.8 Å². The molecule has 2 nitrogen and oxygen atoms in total. The lowest BCUT2D eigenvalue weighted by Gasteiger charge is -2.08. The van der Waals surface area contributed by atoms with E-state index in [2.05, 4.69) is 38.0 Å². The standard InChI is InChI=1S/C10H20N2/c1-8(2)11-7-6-10(5)12-9(3)4/h6-9,12H,1-5H3/b10-6+,11-7?. The Morgan fingerprint density at radius 2 is 1.83 bits per heavy atom. The first-order chi connectivity index (χ1) is 5.52. The van der Waals surface area contributed by atoms with Gasteiger partial charge in [-0.25, -0.2) is 0 Å². The van der Waals surface area contributed by atoms with Gasteiger partial charge < -0.3 is 5.32 Å². The highest BCUT2D eigenvalue weighted by Gasteiger charge is 1.90. The van der Waals surface area contributed by atoms with Crippen molar-refractivity contribution in [2.45, 2.75) is 46.7 Å². The molecule has 12 heavy (non-hydrogen) atoms. The number of allylic oxidation sites excluding steroid dienone is 2. The van der Waals surface area contributed by atoms with Crippen molar-refractivity contribution in [1.82, 2.24) is 5.32 Å². The third-order valence-corrected chi connectivity index (χ3v) is 1.23. The molecule has 0 amide bonds. The first kappa shape index (κ1) is 11.2. The van der Waals surface area contributed by atoms with Crippen LogP contribution in [-0.2, 0) is 0 Å². The summed E-state index contributed by atoms with van der Waals surface area (Å²) in [5.74, 6) is 0. The van der Waals surface area contributed by atoms with Gasteiger partial charge in [-0.3, -0.25) is 4.99 Å². The summed E-state index contributed by atoms with van der Waals surface area (Å²) in [5, 5.41) is 3.29. The van der Waals surface area contributed by atoms with E-state index in [1.165, 1.54) is 0 Å². The number of nitrogens with one attached hydrogen (secondary N) is 1. The maximum Gasteiger partial charge on any atom is 0.0443 e.